The van der Waals surface area contributed by atoms with E-state index in [0.717, 1.165) is 6.26 Å². The molecule has 0 saturated heterocycles. The normalized spacial score (nSPS) is 13.6. The molecule has 0 bridgehead atoms. The monoisotopic (exact) mass is 279 g/mol. The number of hydrogen-bond acceptors (Lipinski definition) is 3. The first-order valence-corrected chi connectivity index (χ1v) is 7.58. The van der Waals surface area contributed by atoms with Gasteiger partial charge in [-0.25, -0.2) is 12.8 Å². The second-order valence-corrected chi connectivity index (χ2v) is 6.57. The Kier molecular flexibility index (Phi) is 4.91. The summed E-state index contributed by atoms with van der Waals surface area (Å²) in [5.41, 5.74) is 0.392. The Hall–Kier alpha value is -0.650. The van der Waals surface area contributed by atoms with Crippen LogP contribution in [0, 0.1) is 5.82 Å². The lowest BCUT2D eigenvalue weighted by Crippen LogP contribution is -2.21. The summed E-state index contributed by atoms with van der Waals surface area (Å²) in [4.78, 5) is 0. The zero-order valence-electron chi connectivity index (χ0n) is 9.70. The van der Waals surface area contributed by atoms with E-state index in [-0.39, 0.29) is 16.8 Å². The number of benzene rings is 1. The molecule has 0 spiro atoms. The van der Waals surface area contributed by atoms with Crippen LogP contribution in [0.3, 0.4) is 0 Å². The standard InChI is InChI=1S/C11H15ClFNO2S/c1-14-10(6-7-17(2,15)16)8-4-3-5-9(12)11(8)13/h3-5,10,14H,6-7H2,1-2H3. The van der Waals surface area contributed by atoms with Gasteiger partial charge in [0.05, 0.1) is 10.8 Å². The SMILES string of the molecule is CNC(CCS(C)(=O)=O)c1cccc(Cl)c1F. The maximum absolute atomic E-state index is 13.7. The third-order valence-corrected chi connectivity index (χ3v) is 3.75. The largest absolute Gasteiger partial charge is 0.313 e. The molecule has 1 rings (SSSR count). The van der Waals surface area contributed by atoms with Gasteiger partial charge in [-0.3, -0.25) is 0 Å². The molecule has 1 unspecified atom stereocenters. The maximum atomic E-state index is 13.7. The average molecular weight is 280 g/mol. The second kappa shape index (κ2) is 5.80. The van der Waals surface area contributed by atoms with Crippen LogP contribution in [0.25, 0.3) is 0 Å². The highest BCUT2D eigenvalue weighted by Gasteiger charge is 2.17. The van der Waals surface area contributed by atoms with Crippen LogP contribution >= 0.6 is 11.6 Å². The highest BCUT2D eigenvalue weighted by atomic mass is 35.5. The zero-order valence-corrected chi connectivity index (χ0v) is 11.3. The molecular formula is C11H15ClFNO2S. The summed E-state index contributed by atoms with van der Waals surface area (Å²) in [5.74, 6) is -0.494. The van der Waals surface area contributed by atoms with E-state index in [2.05, 4.69) is 5.32 Å². The van der Waals surface area contributed by atoms with Gasteiger partial charge in [0.1, 0.15) is 15.7 Å². The van der Waals surface area contributed by atoms with E-state index in [0.29, 0.717) is 12.0 Å². The van der Waals surface area contributed by atoms with Gasteiger partial charge >= 0.3 is 0 Å². The predicted octanol–water partition coefficient (Wildman–Crippen LogP) is 2.17. The summed E-state index contributed by atoms with van der Waals surface area (Å²) in [5, 5.41) is 2.94. The lowest BCUT2D eigenvalue weighted by molar-refractivity contribution is 0.521. The molecule has 0 radical (unpaired) electrons. The lowest BCUT2D eigenvalue weighted by atomic mass is 10.0. The Balaban J connectivity index is 2.90. The molecule has 6 heteroatoms. The molecular weight excluding hydrogens is 265 g/mol. The van der Waals surface area contributed by atoms with Crippen LogP contribution in [0.15, 0.2) is 18.2 Å². The molecule has 1 atom stereocenters. The summed E-state index contributed by atoms with van der Waals surface area (Å²) in [6.45, 7) is 0. The van der Waals surface area contributed by atoms with Gasteiger partial charge in [-0.2, -0.15) is 0 Å². The van der Waals surface area contributed by atoms with Crippen molar-refractivity contribution in [1.29, 1.82) is 0 Å². The van der Waals surface area contributed by atoms with E-state index >= 15 is 0 Å². The van der Waals surface area contributed by atoms with Crippen LogP contribution in [0.4, 0.5) is 4.39 Å². The van der Waals surface area contributed by atoms with Gasteiger partial charge in [-0.05, 0) is 19.5 Å². The van der Waals surface area contributed by atoms with Crippen LogP contribution in [0.1, 0.15) is 18.0 Å². The molecule has 0 saturated carbocycles. The van der Waals surface area contributed by atoms with Gasteiger partial charge in [0.15, 0.2) is 0 Å². The summed E-state index contributed by atoms with van der Waals surface area (Å²) >= 11 is 5.68. The minimum absolute atomic E-state index is 0.00442. The molecule has 96 valence electrons. The van der Waals surface area contributed by atoms with Crippen LogP contribution < -0.4 is 5.32 Å². The van der Waals surface area contributed by atoms with Gasteiger partial charge in [0.2, 0.25) is 0 Å². The first-order chi connectivity index (χ1) is 7.85. The Labute approximate surface area is 106 Å². The van der Waals surface area contributed by atoms with Crippen molar-refractivity contribution >= 4 is 21.4 Å². The van der Waals surface area contributed by atoms with Crippen molar-refractivity contribution in [2.24, 2.45) is 0 Å². The van der Waals surface area contributed by atoms with Crippen molar-refractivity contribution in [3.63, 3.8) is 0 Å². The fraction of sp³-hybridized carbons (Fsp3) is 0.455. The van der Waals surface area contributed by atoms with Crippen molar-refractivity contribution in [3.05, 3.63) is 34.6 Å². The van der Waals surface area contributed by atoms with E-state index < -0.39 is 15.7 Å². The first-order valence-electron chi connectivity index (χ1n) is 5.14. The van der Waals surface area contributed by atoms with Crippen molar-refractivity contribution in [1.82, 2.24) is 5.32 Å². The van der Waals surface area contributed by atoms with Gasteiger partial charge < -0.3 is 5.32 Å². The van der Waals surface area contributed by atoms with Crippen molar-refractivity contribution in [2.75, 3.05) is 19.1 Å². The summed E-state index contributed by atoms with van der Waals surface area (Å²) < 4.78 is 35.9. The molecule has 0 aliphatic carbocycles. The molecule has 0 aliphatic rings. The Morgan fingerprint density at radius 3 is 2.65 bits per heavy atom. The number of halogens is 2. The third-order valence-electron chi connectivity index (χ3n) is 2.48. The van der Waals surface area contributed by atoms with E-state index in [4.69, 9.17) is 11.6 Å². The van der Waals surface area contributed by atoms with Gasteiger partial charge in [0.25, 0.3) is 0 Å². The number of hydrogen-bond donors (Lipinski definition) is 1. The van der Waals surface area contributed by atoms with Crippen molar-refractivity contribution in [3.8, 4) is 0 Å². The summed E-state index contributed by atoms with van der Waals surface area (Å²) in [7, 11) is -1.40. The van der Waals surface area contributed by atoms with Gasteiger partial charge in [-0.1, -0.05) is 23.7 Å². The fourth-order valence-corrected chi connectivity index (χ4v) is 2.42. The average Bonchev–Trinajstić information content (AvgIpc) is 2.23. The van der Waals surface area contributed by atoms with E-state index in [1.807, 2.05) is 0 Å². The van der Waals surface area contributed by atoms with E-state index in [1.54, 1.807) is 19.2 Å². The van der Waals surface area contributed by atoms with Crippen LogP contribution in [-0.2, 0) is 9.84 Å². The molecule has 0 amide bonds. The maximum Gasteiger partial charge on any atom is 0.147 e. The topological polar surface area (TPSA) is 46.2 Å². The Morgan fingerprint density at radius 1 is 1.47 bits per heavy atom. The van der Waals surface area contributed by atoms with Crippen LogP contribution in [0.5, 0.6) is 0 Å². The number of rotatable bonds is 5. The highest BCUT2D eigenvalue weighted by Crippen LogP contribution is 2.25. The fourth-order valence-electron chi connectivity index (χ4n) is 1.58. The Bertz CT molecular complexity index is 490. The second-order valence-electron chi connectivity index (χ2n) is 3.90. The van der Waals surface area contributed by atoms with Crippen molar-refractivity contribution < 1.29 is 12.8 Å². The van der Waals surface area contributed by atoms with E-state index in [1.165, 1.54) is 6.07 Å². The molecule has 0 heterocycles. The van der Waals surface area contributed by atoms with Crippen LogP contribution in [-0.4, -0.2) is 27.5 Å². The number of nitrogens with one attached hydrogen (secondary N) is 1. The molecule has 0 fully saturated rings. The number of sulfone groups is 1. The Morgan fingerprint density at radius 2 is 2.12 bits per heavy atom. The minimum atomic E-state index is -3.06. The van der Waals surface area contributed by atoms with Crippen LogP contribution in [0.2, 0.25) is 5.02 Å². The molecule has 1 N–H and O–H groups in total. The third kappa shape index (κ3) is 4.26. The molecule has 3 nitrogen and oxygen atoms in total. The first kappa shape index (κ1) is 14.4. The smallest absolute Gasteiger partial charge is 0.147 e. The lowest BCUT2D eigenvalue weighted by Gasteiger charge is -2.17. The molecule has 0 aliphatic heterocycles. The molecule has 1 aromatic carbocycles. The molecule has 0 aromatic heterocycles. The summed E-state index contributed by atoms with van der Waals surface area (Å²) in [6, 6.07) is 4.35. The van der Waals surface area contributed by atoms with Gasteiger partial charge in [-0.15, -0.1) is 0 Å². The zero-order chi connectivity index (χ0) is 13.1. The summed E-state index contributed by atoms with van der Waals surface area (Å²) in [6.07, 6.45) is 1.47. The highest BCUT2D eigenvalue weighted by molar-refractivity contribution is 7.90. The van der Waals surface area contributed by atoms with Crippen molar-refractivity contribution in [2.45, 2.75) is 12.5 Å². The molecule has 17 heavy (non-hydrogen) atoms. The predicted molar refractivity (Wildman–Crippen MR) is 67.5 cm³/mol. The van der Waals surface area contributed by atoms with E-state index in [9.17, 15) is 12.8 Å². The quantitative estimate of drug-likeness (QED) is 0.899. The molecule has 1 aromatic rings. The van der Waals surface area contributed by atoms with Gasteiger partial charge in [0, 0.05) is 17.9 Å². The minimum Gasteiger partial charge on any atom is -0.313 e.